The van der Waals surface area contributed by atoms with Gasteiger partial charge in [0.05, 0.1) is 38.1 Å². The molecule has 2 aromatic rings. The van der Waals surface area contributed by atoms with Crippen LogP contribution in [0, 0.1) is 5.92 Å². The van der Waals surface area contributed by atoms with Crippen molar-refractivity contribution in [3.05, 3.63) is 71.8 Å². The highest BCUT2D eigenvalue weighted by Gasteiger charge is 2.56. The first-order valence-corrected chi connectivity index (χ1v) is 8.33. The molecule has 1 aliphatic carbocycles. The third kappa shape index (κ3) is 3.63. The summed E-state index contributed by atoms with van der Waals surface area (Å²) in [7, 11) is 0. The van der Waals surface area contributed by atoms with Crippen LogP contribution in [-0.4, -0.2) is 24.9 Å². The van der Waals surface area contributed by atoms with Gasteiger partial charge in [0, 0.05) is 12.3 Å². The van der Waals surface area contributed by atoms with Gasteiger partial charge in [-0.25, -0.2) is 0 Å². The molecule has 0 N–H and O–H groups in total. The molecule has 1 saturated carbocycles. The number of ether oxygens (including phenoxy) is 3. The van der Waals surface area contributed by atoms with Gasteiger partial charge in [-0.15, -0.1) is 0 Å². The van der Waals surface area contributed by atoms with Crippen LogP contribution in [0.25, 0.3) is 0 Å². The SMILES string of the molecule is c1ccc(COC[C@H]2[C@@H]3O[C@@H]3C[C@@H]2OCc2ccccc2)cc1. The molecular formula is C20H22O3. The molecule has 1 aliphatic heterocycles. The molecule has 2 fully saturated rings. The van der Waals surface area contributed by atoms with Crippen LogP contribution < -0.4 is 0 Å². The molecule has 2 aromatic carbocycles. The van der Waals surface area contributed by atoms with E-state index in [1.807, 2.05) is 36.4 Å². The Morgan fingerprint density at radius 2 is 1.52 bits per heavy atom. The van der Waals surface area contributed by atoms with Gasteiger partial charge >= 0.3 is 0 Å². The van der Waals surface area contributed by atoms with Crippen molar-refractivity contribution in [2.24, 2.45) is 5.92 Å². The van der Waals surface area contributed by atoms with E-state index in [4.69, 9.17) is 14.2 Å². The minimum Gasteiger partial charge on any atom is -0.376 e. The van der Waals surface area contributed by atoms with Gasteiger partial charge in [0.2, 0.25) is 0 Å². The van der Waals surface area contributed by atoms with Gasteiger partial charge in [-0.2, -0.15) is 0 Å². The van der Waals surface area contributed by atoms with Gasteiger partial charge in [-0.3, -0.25) is 0 Å². The molecule has 4 rings (SSSR count). The molecule has 0 unspecified atom stereocenters. The molecule has 0 aromatic heterocycles. The number of fused-ring (bicyclic) bond motifs is 1. The van der Waals surface area contributed by atoms with Crippen LogP contribution in [0.1, 0.15) is 17.5 Å². The highest BCUT2D eigenvalue weighted by atomic mass is 16.6. The van der Waals surface area contributed by atoms with E-state index in [1.165, 1.54) is 11.1 Å². The second-order valence-corrected chi connectivity index (χ2v) is 6.37. The van der Waals surface area contributed by atoms with Crippen LogP contribution in [0.2, 0.25) is 0 Å². The van der Waals surface area contributed by atoms with Crippen molar-refractivity contribution in [1.82, 2.24) is 0 Å². The van der Waals surface area contributed by atoms with E-state index >= 15 is 0 Å². The summed E-state index contributed by atoms with van der Waals surface area (Å²) < 4.78 is 17.8. The van der Waals surface area contributed by atoms with Crippen molar-refractivity contribution < 1.29 is 14.2 Å². The summed E-state index contributed by atoms with van der Waals surface area (Å²) in [5.74, 6) is 0.354. The van der Waals surface area contributed by atoms with Crippen LogP contribution in [0.3, 0.4) is 0 Å². The lowest BCUT2D eigenvalue weighted by Gasteiger charge is -2.22. The average Bonchev–Trinajstić information content (AvgIpc) is 3.29. The van der Waals surface area contributed by atoms with E-state index in [0.717, 1.165) is 6.42 Å². The summed E-state index contributed by atoms with van der Waals surface area (Å²) in [5.41, 5.74) is 2.43. The fourth-order valence-corrected chi connectivity index (χ4v) is 3.40. The van der Waals surface area contributed by atoms with Gasteiger partial charge in [0.1, 0.15) is 0 Å². The summed E-state index contributed by atoms with van der Waals surface area (Å²) in [6, 6.07) is 20.6. The topological polar surface area (TPSA) is 31.0 Å². The summed E-state index contributed by atoms with van der Waals surface area (Å²) in [5, 5.41) is 0. The molecule has 120 valence electrons. The Labute approximate surface area is 137 Å². The minimum atomic E-state index is 0.245. The number of hydrogen-bond donors (Lipinski definition) is 0. The molecule has 1 saturated heterocycles. The van der Waals surface area contributed by atoms with E-state index in [1.54, 1.807) is 0 Å². The second kappa shape index (κ2) is 6.83. The first-order chi connectivity index (χ1) is 11.4. The molecule has 1 heterocycles. The van der Waals surface area contributed by atoms with E-state index in [-0.39, 0.29) is 6.10 Å². The monoisotopic (exact) mass is 310 g/mol. The summed E-state index contributed by atoms with van der Waals surface area (Å²) in [6.07, 6.45) is 1.97. The normalized spacial score (nSPS) is 28.5. The number of hydrogen-bond acceptors (Lipinski definition) is 3. The Morgan fingerprint density at radius 3 is 2.22 bits per heavy atom. The number of epoxide rings is 1. The van der Waals surface area contributed by atoms with Crippen molar-refractivity contribution in [2.45, 2.75) is 37.9 Å². The van der Waals surface area contributed by atoms with Gasteiger partial charge < -0.3 is 14.2 Å². The lowest BCUT2D eigenvalue weighted by Crippen LogP contribution is -2.28. The smallest absolute Gasteiger partial charge is 0.0917 e. The molecule has 0 radical (unpaired) electrons. The quantitative estimate of drug-likeness (QED) is 0.733. The second-order valence-electron chi connectivity index (χ2n) is 6.37. The van der Waals surface area contributed by atoms with E-state index in [2.05, 4.69) is 24.3 Å². The van der Waals surface area contributed by atoms with E-state index in [9.17, 15) is 0 Å². The van der Waals surface area contributed by atoms with Crippen molar-refractivity contribution in [2.75, 3.05) is 6.61 Å². The largest absolute Gasteiger partial charge is 0.376 e. The van der Waals surface area contributed by atoms with Gasteiger partial charge in [0.25, 0.3) is 0 Å². The Morgan fingerprint density at radius 1 is 0.870 bits per heavy atom. The van der Waals surface area contributed by atoms with E-state index < -0.39 is 0 Å². The Kier molecular flexibility index (Phi) is 4.42. The fourth-order valence-electron chi connectivity index (χ4n) is 3.40. The highest BCUT2D eigenvalue weighted by Crippen LogP contribution is 2.45. The predicted molar refractivity (Wildman–Crippen MR) is 87.9 cm³/mol. The molecule has 3 heteroatoms. The summed E-state index contributed by atoms with van der Waals surface area (Å²) >= 11 is 0. The number of rotatable bonds is 7. The van der Waals surface area contributed by atoms with Crippen LogP contribution in [-0.2, 0) is 27.4 Å². The zero-order valence-electron chi connectivity index (χ0n) is 13.1. The van der Waals surface area contributed by atoms with Crippen LogP contribution in [0.5, 0.6) is 0 Å². The molecule has 23 heavy (non-hydrogen) atoms. The Bertz CT molecular complexity index is 613. The lowest BCUT2D eigenvalue weighted by atomic mass is 10.1. The fraction of sp³-hybridized carbons (Fsp3) is 0.400. The molecule has 0 spiro atoms. The summed E-state index contributed by atoms with van der Waals surface area (Å²) in [6.45, 7) is 2.02. The number of benzene rings is 2. The standard InChI is InChI=1S/C20H22O3/c1-3-7-15(8-4-1)12-21-14-17-18(11-19-20(17)23-19)22-13-16-9-5-2-6-10-16/h1-10,17-20H,11-14H2/t17-,18+,19-,20+/m1/s1. The third-order valence-corrected chi connectivity index (χ3v) is 4.71. The average molecular weight is 310 g/mol. The van der Waals surface area contributed by atoms with Crippen LogP contribution in [0.4, 0.5) is 0 Å². The van der Waals surface area contributed by atoms with Crippen molar-refractivity contribution in [3.8, 4) is 0 Å². The van der Waals surface area contributed by atoms with Crippen LogP contribution in [0.15, 0.2) is 60.7 Å². The van der Waals surface area contributed by atoms with Gasteiger partial charge in [-0.1, -0.05) is 60.7 Å². The third-order valence-electron chi connectivity index (χ3n) is 4.71. The maximum absolute atomic E-state index is 6.15. The van der Waals surface area contributed by atoms with Crippen LogP contribution >= 0.6 is 0 Å². The molecule has 3 nitrogen and oxygen atoms in total. The molecule has 2 aliphatic rings. The maximum atomic E-state index is 6.15. The van der Waals surface area contributed by atoms with Crippen molar-refractivity contribution in [3.63, 3.8) is 0 Å². The molecule has 0 bridgehead atoms. The van der Waals surface area contributed by atoms with Gasteiger partial charge in [0.15, 0.2) is 0 Å². The maximum Gasteiger partial charge on any atom is 0.0917 e. The first kappa shape index (κ1) is 14.9. The predicted octanol–water partition coefficient (Wildman–Crippen LogP) is 3.58. The minimum absolute atomic E-state index is 0.245. The highest BCUT2D eigenvalue weighted by molar-refractivity contribution is 5.14. The molecule has 0 amide bonds. The zero-order chi connectivity index (χ0) is 15.5. The van der Waals surface area contributed by atoms with Gasteiger partial charge in [-0.05, 0) is 11.1 Å². The van der Waals surface area contributed by atoms with E-state index in [0.29, 0.717) is 37.9 Å². The Hall–Kier alpha value is -1.68. The van der Waals surface area contributed by atoms with Crippen molar-refractivity contribution >= 4 is 0 Å². The molecule has 4 atom stereocenters. The lowest BCUT2D eigenvalue weighted by molar-refractivity contribution is -0.0450. The molecular weight excluding hydrogens is 288 g/mol. The first-order valence-electron chi connectivity index (χ1n) is 8.33. The van der Waals surface area contributed by atoms with Crippen molar-refractivity contribution in [1.29, 1.82) is 0 Å². The zero-order valence-corrected chi connectivity index (χ0v) is 13.1. The summed E-state index contributed by atoms with van der Waals surface area (Å²) in [4.78, 5) is 0. The Balaban J connectivity index is 1.28.